The molecule has 5 heteroatoms. The fourth-order valence-electron chi connectivity index (χ4n) is 2.01. The van der Waals surface area contributed by atoms with Gasteiger partial charge in [-0.05, 0) is 61.1 Å². The van der Waals surface area contributed by atoms with Crippen LogP contribution in [0.4, 0.5) is 5.69 Å². The molecule has 0 aliphatic rings. The number of anilines is 1. The number of hydrogen-bond donors (Lipinski definition) is 2. The highest BCUT2D eigenvalue weighted by Crippen LogP contribution is 2.18. The Morgan fingerprint density at radius 2 is 1.41 bits per heavy atom. The Bertz CT molecular complexity index is 612. The van der Waals surface area contributed by atoms with Crippen LogP contribution >= 0.6 is 12.2 Å². The maximum absolute atomic E-state index is 5.34. The number of methoxy groups -OCH3 is 2. The first kappa shape index (κ1) is 16.1. The molecule has 0 amide bonds. The summed E-state index contributed by atoms with van der Waals surface area (Å²) in [7, 11) is 3.30. The highest BCUT2D eigenvalue weighted by atomic mass is 32.1. The third-order valence-corrected chi connectivity index (χ3v) is 3.53. The summed E-state index contributed by atoms with van der Waals surface area (Å²) in [6.45, 7) is 2.06. The van der Waals surface area contributed by atoms with Crippen molar-refractivity contribution in [2.24, 2.45) is 0 Å². The van der Waals surface area contributed by atoms with Gasteiger partial charge in [-0.1, -0.05) is 12.1 Å². The third-order valence-electron chi connectivity index (χ3n) is 3.31. The third kappa shape index (κ3) is 4.36. The molecule has 1 atom stereocenters. The molecule has 22 heavy (non-hydrogen) atoms. The van der Waals surface area contributed by atoms with Gasteiger partial charge in [-0.2, -0.15) is 0 Å². The smallest absolute Gasteiger partial charge is 0.171 e. The van der Waals surface area contributed by atoms with Crippen LogP contribution in [0, 0.1) is 0 Å². The molecule has 0 aliphatic heterocycles. The molecule has 2 N–H and O–H groups in total. The highest BCUT2D eigenvalue weighted by Gasteiger charge is 2.07. The van der Waals surface area contributed by atoms with Gasteiger partial charge in [-0.25, -0.2) is 0 Å². The summed E-state index contributed by atoms with van der Waals surface area (Å²) in [5.41, 5.74) is 2.06. The summed E-state index contributed by atoms with van der Waals surface area (Å²) >= 11 is 5.34. The minimum absolute atomic E-state index is 0.101. The van der Waals surface area contributed by atoms with Gasteiger partial charge >= 0.3 is 0 Å². The lowest BCUT2D eigenvalue weighted by molar-refractivity contribution is 0.414. The van der Waals surface area contributed by atoms with E-state index in [9.17, 15) is 0 Å². The minimum Gasteiger partial charge on any atom is -0.497 e. The molecule has 0 aliphatic carbocycles. The van der Waals surface area contributed by atoms with Crippen LogP contribution in [0.15, 0.2) is 48.5 Å². The number of rotatable bonds is 5. The van der Waals surface area contributed by atoms with Gasteiger partial charge < -0.3 is 20.1 Å². The number of nitrogens with one attached hydrogen (secondary N) is 2. The molecular weight excluding hydrogens is 296 g/mol. The van der Waals surface area contributed by atoms with Crippen LogP contribution in [0.2, 0.25) is 0 Å². The van der Waals surface area contributed by atoms with Crippen LogP contribution < -0.4 is 20.1 Å². The second-order valence-electron chi connectivity index (χ2n) is 4.82. The van der Waals surface area contributed by atoms with E-state index in [0.717, 1.165) is 22.7 Å². The van der Waals surface area contributed by atoms with E-state index < -0.39 is 0 Å². The topological polar surface area (TPSA) is 42.5 Å². The fourth-order valence-corrected chi connectivity index (χ4v) is 2.31. The van der Waals surface area contributed by atoms with E-state index in [1.54, 1.807) is 14.2 Å². The molecule has 0 fully saturated rings. The Morgan fingerprint density at radius 3 is 1.91 bits per heavy atom. The van der Waals surface area contributed by atoms with Crippen molar-refractivity contribution in [1.29, 1.82) is 0 Å². The van der Waals surface area contributed by atoms with Crippen molar-refractivity contribution >= 4 is 23.0 Å². The van der Waals surface area contributed by atoms with Crippen molar-refractivity contribution in [3.05, 3.63) is 54.1 Å². The summed E-state index contributed by atoms with van der Waals surface area (Å²) in [4.78, 5) is 0. The van der Waals surface area contributed by atoms with Crippen LogP contribution in [-0.4, -0.2) is 19.3 Å². The minimum atomic E-state index is 0.101. The second kappa shape index (κ2) is 7.66. The number of benzene rings is 2. The van der Waals surface area contributed by atoms with Crippen molar-refractivity contribution in [3.63, 3.8) is 0 Å². The molecule has 0 saturated carbocycles. The molecule has 0 heterocycles. The lowest BCUT2D eigenvalue weighted by Crippen LogP contribution is -2.30. The molecule has 0 unspecified atom stereocenters. The van der Waals surface area contributed by atoms with E-state index in [1.165, 1.54) is 0 Å². The monoisotopic (exact) mass is 316 g/mol. The summed E-state index contributed by atoms with van der Waals surface area (Å²) in [5, 5.41) is 6.99. The SMILES string of the molecule is COc1ccc(NC(=S)N[C@@H](C)c2ccc(OC)cc2)cc1. The van der Waals surface area contributed by atoms with Gasteiger partial charge in [0.25, 0.3) is 0 Å². The lowest BCUT2D eigenvalue weighted by atomic mass is 10.1. The largest absolute Gasteiger partial charge is 0.497 e. The van der Waals surface area contributed by atoms with Crippen LogP contribution in [0.1, 0.15) is 18.5 Å². The van der Waals surface area contributed by atoms with E-state index >= 15 is 0 Å². The fraction of sp³-hybridized carbons (Fsp3) is 0.235. The Kier molecular flexibility index (Phi) is 5.61. The Labute approximate surface area is 136 Å². The van der Waals surface area contributed by atoms with E-state index in [0.29, 0.717) is 5.11 Å². The zero-order valence-electron chi connectivity index (χ0n) is 12.9. The molecule has 0 aromatic heterocycles. The van der Waals surface area contributed by atoms with Crippen LogP contribution in [0.5, 0.6) is 11.5 Å². The van der Waals surface area contributed by atoms with Gasteiger partial charge in [-0.3, -0.25) is 0 Å². The molecule has 2 rings (SSSR count). The van der Waals surface area contributed by atoms with Crippen molar-refractivity contribution in [3.8, 4) is 11.5 Å². The summed E-state index contributed by atoms with van der Waals surface area (Å²) in [5.74, 6) is 1.66. The van der Waals surface area contributed by atoms with Crippen molar-refractivity contribution in [2.75, 3.05) is 19.5 Å². The maximum atomic E-state index is 5.34. The second-order valence-corrected chi connectivity index (χ2v) is 5.23. The molecule has 4 nitrogen and oxygen atoms in total. The number of hydrogen-bond acceptors (Lipinski definition) is 3. The van der Waals surface area contributed by atoms with Crippen LogP contribution in [0.3, 0.4) is 0 Å². The van der Waals surface area contributed by atoms with Crippen LogP contribution in [0.25, 0.3) is 0 Å². The summed E-state index contributed by atoms with van der Waals surface area (Å²) in [6, 6.07) is 15.6. The van der Waals surface area contributed by atoms with E-state index in [4.69, 9.17) is 21.7 Å². The highest BCUT2D eigenvalue weighted by molar-refractivity contribution is 7.80. The van der Waals surface area contributed by atoms with Gasteiger partial charge in [0.2, 0.25) is 0 Å². The van der Waals surface area contributed by atoms with E-state index in [1.807, 2.05) is 48.5 Å². The van der Waals surface area contributed by atoms with E-state index in [-0.39, 0.29) is 6.04 Å². The summed E-state index contributed by atoms with van der Waals surface area (Å²) < 4.78 is 10.3. The molecule has 2 aromatic rings. The lowest BCUT2D eigenvalue weighted by Gasteiger charge is -2.17. The quantitative estimate of drug-likeness (QED) is 0.822. The zero-order valence-corrected chi connectivity index (χ0v) is 13.7. The van der Waals surface area contributed by atoms with Crippen LogP contribution in [-0.2, 0) is 0 Å². The van der Waals surface area contributed by atoms with Gasteiger partial charge in [-0.15, -0.1) is 0 Å². The number of ether oxygens (including phenoxy) is 2. The Morgan fingerprint density at radius 1 is 0.909 bits per heavy atom. The average molecular weight is 316 g/mol. The maximum Gasteiger partial charge on any atom is 0.171 e. The van der Waals surface area contributed by atoms with Crippen molar-refractivity contribution in [2.45, 2.75) is 13.0 Å². The van der Waals surface area contributed by atoms with E-state index in [2.05, 4.69) is 17.6 Å². The normalized spacial score (nSPS) is 11.4. The first-order valence-corrected chi connectivity index (χ1v) is 7.38. The zero-order chi connectivity index (χ0) is 15.9. The van der Waals surface area contributed by atoms with Gasteiger partial charge in [0.05, 0.1) is 20.3 Å². The summed E-state index contributed by atoms with van der Waals surface area (Å²) in [6.07, 6.45) is 0. The average Bonchev–Trinajstić information content (AvgIpc) is 2.55. The first-order valence-electron chi connectivity index (χ1n) is 6.98. The predicted octanol–water partition coefficient (Wildman–Crippen LogP) is 3.75. The number of thiocarbonyl (C=S) groups is 1. The van der Waals surface area contributed by atoms with Gasteiger partial charge in [0.15, 0.2) is 5.11 Å². The molecular formula is C17H20N2O2S. The first-order chi connectivity index (χ1) is 10.6. The molecule has 116 valence electrons. The predicted molar refractivity (Wildman–Crippen MR) is 93.8 cm³/mol. The molecule has 0 spiro atoms. The standard InChI is InChI=1S/C17H20N2O2S/c1-12(13-4-8-15(20-2)9-5-13)18-17(22)19-14-6-10-16(21-3)11-7-14/h4-12H,1-3H3,(H2,18,19,22)/t12-/m0/s1. The Balaban J connectivity index is 1.92. The molecule has 2 aromatic carbocycles. The van der Waals surface area contributed by atoms with Crippen molar-refractivity contribution < 1.29 is 9.47 Å². The molecule has 0 radical (unpaired) electrons. The van der Waals surface area contributed by atoms with Crippen molar-refractivity contribution in [1.82, 2.24) is 5.32 Å². The molecule has 0 bridgehead atoms. The molecule has 0 saturated heterocycles. The Hall–Kier alpha value is -2.27. The van der Waals surface area contributed by atoms with Gasteiger partial charge in [0.1, 0.15) is 11.5 Å². The van der Waals surface area contributed by atoms with Gasteiger partial charge in [0, 0.05) is 5.69 Å².